The molecule has 0 spiro atoms. The summed E-state index contributed by atoms with van der Waals surface area (Å²) in [4.78, 5) is 2.38. The first-order valence-electron chi connectivity index (χ1n) is 7.18. The second-order valence-corrected chi connectivity index (χ2v) is 5.82. The van der Waals surface area contributed by atoms with Gasteiger partial charge in [0.2, 0.25) is 0 Å². The summed E-state index contributed by atoms with van der Waals surface area (Å²) in [7, 11) is 2.20. The molecule has 1 saturated heterocycles. The molecule has 0 bridgehead atoms. The Kier molecular flexibility index (Phi) is 4.65. The van der Waals surface area contributed by atoms with Gasteiger partial charge in [-0.05, 0) is 55.5 Å². The molecule has 1 aromatic rings. The third-order valence-corrected chi connectivity index (χ3v) is 4.04. The molecule has 0 saturated carbocycles. The lowest BCUT2D eigenvalue weighted by Crippen LogP contribution is -2.21. The highest BCUT2D eigenvalue weighted by Crippen LogP contribution is 2.20. The van der Waals surface area contributed by atoms with Crippen molar-refractivity contribution in [3.63, 3.8) is 0 Å². The topological polar surface area (TPSA) is 15.3 Å². The average molecular weight is 246 g/mol. The number of rotatable bonds is 5. The van der Waals surface area contributed by atoms with Gasteiger partial charge >= 0.3 is 0 Å². The van der Waals surface area contributed by atoms with Gasteiger partial charge in [0.05, 0.1) is 0 Å². The van der Waals surface area contributed by atoms with Crippen LogP contribution in [0.4, 0.5) is 5.69 Å². The van der Waals surface area contributed by atoms with E-state index >= 15 is 0 Å². The standard InChI is InChI=1S/C16H26N2/c1-13(2)15-4-6-16(7-5-15)18(3)11-9-14-8-10-17-12-14/h4-7,13-14,17H,8-12H2,1-3H3. The Morgan fingerprint density at radius 1 is 1.28 bits per heavy atom. The zero-order chi connectivity index (χ0) is 13.0. The van der Waals surface area contributed by atoms with Crippen LogP contribution in [0.15, 0.2) is 24.3 Å². The van der Waals surface area contributed by atoms with Gasteiger partial charge in [0.25, 0.3) is 0 Å². The number of hydrogen-bond acceptors (Lipinski definition) is 2. The zero-order valence-electron chi connectivity index (χ0n) is 11.9. The van der Waals surface area contributed by atoms with Crippen LogP contribution in [0, 0.1) is 5.92 Å². The minimum Gasteiger partial charge on any atom is -0.375 e. The van der Waals surface area contributed by atoms with Gasteiger partial charge < -0.3 is 10.2 Å². The Hall–Kier alpha value is -1.02. The predicted octanol–water partition coefficient (Wildman–Crippen LogP) is 3.25. The summed E-state index contributed by atoms with van der Waals surface area (Å²) >= 11 is 0. The van der Waals surface area contributed by atoms with E-state index in [-0.39, 0.29) is 0 Å². The fourth-order valence-electron chi connectivity index (χ4n) is 2.58. The van der Waals surface area contributed by atoms with Crippen molar-refractivity contribution in [1.82, 2.24) is 5.32 Å². The molecule has 2 heteroatoms. The maximum atomic E-state index is 3.44. The molecule has 1 aromatic carbocycles. The molecule has 1 aliphatic rings. The lowest BCUT2D eigenvalue weighted by Gasteiger charge is -2.21. The maximum Gasteiger partial charge on any atom is 0.0363 e. The highest BCUT2D eigenvalue weighted by Gasteiger charge is 2.14. The van der Waals surface area contributed by atoms with Gasteiger partial charge in [0, 0.05) is 19.3 Å². The van der Waals surface area contributed by atoms with E-state index in [4.69, 9.17) is 0 Å². The molecule has 1 atom stereocenters. The summed E-state index contributed by atoms with van der Waals surface area (Å²) in [6, 6.07) is 9.02. The zero-order valence-corrected chi connectivity index (χ0v) is 11.9. The van der Waals surface area contributed by atoms with Crippen molar-refractivity contribution in [3.05, 3.63) is 29.8 Å². The van der Waals surface area contributed by atoms with E-state index in [9.17, 15) is 0 Å². The van der Waals surface area contributed by atoms with Crippen molar-refractivity contribution in [2.24, 2.45) is 5.92 Å². The van der Waals surface area contributed by atoms with Gasteiger partial charge in [-0.1, -0.05) is 26.0 Å². The quantitative estimate of drug-likeness (QED) is 0.858. The van der Waals surface area contributed by atoms with E-state index in [1.54, 1.807) is 0 Å². The fraction of sp³-hybridized carbons (Fsp3) is 0.625. The van der Waals surface area contributed by atoms with E-state index < -0.39 is 0 Å². The molecule has 0 amide bonds. The molecule has 1 aliphatic heterocycles. The Morgan fingerprint density at radius 3 is 2.56 bits per heavy atom. The number of hydrogen-bond donors (Lipinski definition) is 1. The molecule has 1 unspecified atom stereocenters. The molecule has 1 N–H and O–H groups in total. The lowest BCUT2D eigenvalue weighted by molar-refractivity contribution is 0.533. The van der Waals surface area contributed by atoms with Crippen LogP contribution in [0.25, 0.3) is 0 Å². The van der Waals surface area contributed by atoms with Gasteiger partial charge in [-0.15, -0.1) is 0 Å². The predicted molar refractivity (Wildman–Crippen MR) is 79.4 cm³/mol. The molecule has 18 heavy (non-hydrogen) atoms. The van der Waals surface area contributed by atoms with Gasteiger partial charge in [-0.25, -0.2) is 0 Å². The molecule has 100 valence electrons. The number of benzene rings is 1. The second kappa shape index (κ2) is 6.24. The summed E-state index contributed by atoms with van der Waals surface area (Å²) in [5, 5.41) is 3.44. The van der Waals surface area contributed by atoms with Gasteiger partial charge in [0.15, 0.2) is 0 Å². The minimum atomic E-state index is 0.619. The summed E-state index contributed by atoms with van der Waals surface area (Å²) in [5.74, 6) is 1.50. The molecule has 0 aromatic heterocycles. The average Bonchev–Trinajstić information content (AvgIpc) is 2.89. The second-order valence-electron chi connectivity index (χ2n) is 5.82. The third kappa shape index (κ3) is 3.49. The van der Waals surface area contributed by atoms with Gasteiger partial charge in [0.1, 0.15) is 0 Å². The smallest absolute Gasteiger partial charge is 0.0363 e. The fourth-order valence-corrected chi connectivity index (χ4v) is 2.58. The number of anilines is 1. The molecule has 2 rings (SSSR count). The monoisotopic (exact) mass is 246 g/mol. The Bertz CT molecular complexity index is 350. The molecule has 1 heterocycles. The van der Waals surface area contributed by atoms with Gasteiger partial charge in [-0.3, -0.25) is 0 Å². The van der Waals surface area contributed by atoms with Crippen LogP contribution < -0.4 is 10.2 Å². The van der Waals surface area contributed by atoms with Crippen molar-refractivity contribution >= 4 is 5.69 Å². The first-order chi connectivity index (χ1) is 8.66. The van der Waals surface area contributed by atoms with E-state index in [1.807, 2.05) is 0 Å². The van der Waals surface area contributed by atoms with Crippen molar-refractivity contribution in [3.8, 4) is 0 Å². The van der Waals surface area contributed by atoms with Crippen molar-refractivity contribution in [2.75, 3.05) is 31.6 Å². The van der Waals surface area contributed by atoms with Crippen LogP contribution >= 0.6 is 0 Å². The number of nitrogens with zero attached hydrogens (tertiary/aromatic N) is 1. The Labute approximate surface area is 111 Å². The Morgan fingerprint density at radius 2 is 2.00 bits per heavy atom. The third-order valence-electron chi connectivity index (χ3n) is 4.04. The normalized spacial score (nSPS) is 19.4. The maximum absolute atomic E-state index is 3.44. The first-order valence-corrected chi connectivity index (χ1v) is 7.18. The molecule has 1 fully saturated rings. The summed E-state index contributed by atoms with van der Waals surface area (Å²) in [6.07, 6.45) is 2.65. The molecular weight excluding hydrogens is 220 g/mol. The van der Waals surface area contributed by atoms with E-state index in [1.165, 1.54) is 37.2 Å². The summed E-state index contributed by atoms with van der Waals surface area (Å²) < 4.78 is 0. The van der Waals surface area contributed by atoms with Gasteiger partial charge in [-0.2, -0.15) is 0 Å². The van der Waals surface area contributed by atoms with Crippen molar-refractivity contribution in [2.45, 2.75) is 32.6 Å². The van der Waals surface area contributed by atoms with E-state index in [0.29, 0.717) is 5.92 Å². The van der Waals surface area contributed by atoms with Crippen LogP contribution in [0.3, 0.4) is 0 Å². The lowest BCUT2D eigenvalue weighted by atomic mass is 10.0. The van der Waals surface area contributed by atoms with Crippen LogP contribution in [0.2, 0.25) is 0 Å². The molecular formula is C16H26N2. The summed E-state index contributed by atoms with van der Waals surface area (Å²) in [6.45, 7) is 8.06. The minimum absolute atomic E-state index is 0.619. The Balaban J connectivity index is 1.85. The van der Waals surface area contributed by atoms with Crippen LogP contribution in [-0.2, 0) is 0 Å². The van der Waals surface area contributed by atoms with Crippen LogP contribution in [0.5, 0.6) is 0 Å². The molecule has 2 nitrogen and oxygen atoms in total. The first kappa shape index (κ1) is 13.4. The van der Waals surface area contributed by atoms with Crippen LogP contribution in [0.1, 0.15) is 38.2 Å². The highest BCUT2D eigenvalue weighted by molar-refractivity contribution is 5.47. The van der Waals surface area contributed by atoms with Crippen molar-refractivity contribution < 1.29 is 0 Å². The summed E-state index contributed by atoms with van der Waals surface area (Å²) in [5.41, 5.74) is 2.76. The highest BCUT2D eigenvalue weighted by atomic mass is 15.1. The van der Waals surface area contributed by atoms with Crippen molar-refractivity contribution in [1.29, 1.82) is 0 Å². The molecule has 0 radical (unpaired) electrons. The van der Waals surface area contributed by atoms with E-state index in [2.05, 4.69) is 55.4 Å². The number of nitrogens with one attached hydrogen (secondary N) is 1. The molecule has 0 aliphatic carbocycles. The van der Waals surface area contributed by atoms with E-state index in [0.717, 1.165) is 12.5 Å². The van der Waals surface area contributed by atoms with Crippen LogP contribution in [-0.4, -0.2) is 26.7 Å². The largest absolute Gasteiger partial charge is 0.375 e. The SMILES string of the molecule is CC(C)c1ccc(N(C)CCC2CCNC2)cc1.